The average Bonchev–Trinajstić information content (AvgIpc) is 2.59. The number of amides is 1. The van der Waals surface area contributed by atoms with Gasteiger partial charge in [0.15, 0.2) is 0 Å². The lowest BCUT2D eigenvalue weighted by Gasteiger charge is -2.26. The summed E-state index contributed by atoms with van der Waals surface area (Å²) in [5.41, 5.74) is -0.155. The molecule has 7 heteroatoms. The highest BCUT2D eigenvalue weighted by molar-refractivity contribution is 5.98. The maximum absolute atomic E-state index is 11.9. The third kappa shape index (κ3) is 3.61. The molecule has 1 saturated heterocycles. The smallest absolute Gasteiger partial charge is 0.411 e. The van der Waals surface area contributed by atoms with Crippen LogP contribution in [0.25, 0.3) is 0 Å². The third-order valence-corrected chi connectivity index (χ3v) is 2.29. The van der Waals surface area contributed by atoms with Crippen LogP contribution in [-0.4, -0.2) is 53.1 Å². The lowest BCUT2D eigenvalue weighted by molar-refractivity contribution is -0.142. The van der Waals surface area contributed by atoms with Crippen LogP contribution in [0.15, 0.2) is 5.16 Å². The molecule has 1 rings (SSSR count). The molecular formula is C11H18N2O5. The van der Waals surface area contributed by atoms with Gasteiger partial charge in [0.1, 0.15) is 18.8 Å². The summed E-state index contributed by atoms with van der Waals surface area (Å²) in [7, 11) is 1.37. The van der Waals surface area contributed by atoms with Crippen LogP contribution >= 0.6 is 0 Å². The molecule has 1 amide bonds. The van der Waals surface area contributed by atoms with Crippen LogP contribution in [0.2, 0.25) is 0 Å². The molecule has 1 N–H and O–H groups in total. The monoisotopic (exact) mass is 258 g/mol. The molecule has 18 heavy (non-hydrogen) atoms. The maximum atomic E-state index is 11.9. The summed E-state index contributed by atoms with van der Waals surface area (Å²) in [6.07, 6.45) is -0.501. The Morgan fingerprint density at radius 2 is 2.06 bits per heavy atom. The van der Waals surface area contributed by atoms with Gasteiger partial charge >= 0.3 is 12.1 Å². The summed E-state index contributed by atoms with van der Waals surface area (Å²) in [4.78, 5) is 28.7. The Labute approximate surface area is 105 Å². The molecule has 0 bridgehead atoms. The van der Waals surface area contributed by atoms with E-state index in [2.05, 4.69) is 9.99 Å². The van der Waals surface area contributed by atoms with Gasteiger partial charge in [0.05, 0.1) is 12.3 Å². The summed E-state index contributed by atoms with van der Waals surface area (Å²) in [5.74, 6) is -1.08. The lowest BCUT2D eigenvalue weighted by atomic mass is 10.2. The molecule has 7 nitrogen and oxygen atoms in total. The van der Waals surface area contributed by atoms with Crippen LogP contribution in [0.3, 0.4) is 0 Å². The fourth-order valence-corrected chi connectivity index (χ4v) is 1.63. The highest BCUT2D eigenvalue weighted by Gasteiger charge is 2.40. The van der Waals surface area contributed by atoms with Gasteiger partial charge in [0.25, 0.3) is 0 Å². The molecule has 0 radical (unpaired) electrons. The van der Waals surface area contributed by atoms with Crippen molar-refractivity contribution in [3.63, 3.8) is 0 Å². The topological polar surface area (TPSA) is 88.4 Å². The van der Waals surface area contributed by atoms with Crippen LogP contribution in [-0.2, 0) is 14.4 Å². The average molecular weight is 258 g/mol. The molecule has 102 valence electrons. The maximum Gasteiger partial charge on any atom is 0.411 e. The number of carbonyl (C=O) groups excluding carboxylic acids is 1. The van der Waals surface area contributed by atoms with Crippen LogP contribution in [0, 0.1) is 0 Å². The van der Waals surface area contributed by atoms with Gasteiger partial charge in [-0.05, 0) is 20.8 Å². The molecule has 0 aromatic rings. The first-order chi connectivity index (χ1) is 8.24. The van der Waals surface area contributed by atoms with Crippen LogP contribution < -0.4 is 0 Å². The molecule has 0 aliphatic carbocycles. The zero-order chi connectivity index (χ0) is 13.9. The summed E-state index contributed by atoms with van der Waals surface area (Å²) >= 11 is 0. The van der Waals surface area contributed by atoms with Crippen LogP contribution in [0.4, 0.5) is 4.79 Å². The van der Waals surface area contributed by atoms with E-state index < -0.39 is 23.7 Å². The van der Waals surface area contributed by atoms with Crippen molar-refractivity contribution in [2.75, 3.05) is 13.7 Å². The third-order valence-electron chi connectivity index (χ3n) is 2.29. The molecule has 0 aromatic heterocycles. The second-order valence-electron chi connectivity index (χ2n) is 5.01. The van der Waals surface area contributed by atoms with Gasteiger partial charge < -0.3 is 14.7 Å². The van der Waals surface area contributed by atoms with E-state index in [0.717, 1.165) is 4.90 Å². The number of ether oxygens (including phenoxy) is 1. The quantitative estimate of drug-likeness (QED) is 0.749. The number of nitrogens with zero attached hydrogens (tertiary/aromatic N) is 2. The van der Waals surface area contributed by atoms with Crippen molar-refractivity contribution in [3.05, 3.63) is 0 Å². The standard InChI is InChI=1S/C11H18N2O5/c1-11(2,3)18-10(16)13-6-7(12-17-4)5-8(13)9(14)15/h8H,5-6H2,1-4H3,(H,14,15)/b12-7-. The van der Waals surface area contributed by atoms with Crippen molar-refractivity contribution >= 4 is 17.8 Å². The minimum absolute atomic E-state index is 0.111. The summed E-state index contributed by atoms with van der Waals surface area (Å²) in [5, 5.41) is 12.8. The molecule has 0 aromatic carbocycles. The SMILES string of the molecule is CO/N=C1/CC(C(=O)O)N(C(=O)OC(C)(C)C)C1. The summed E-state index contributed by atoms with van der Waals surface area (Å²) in [6, 6.07) is -0.950. The number of oxime groups is 1. The van der Waals surface area contributed by atoms with Gasteiger partial charge in [-0.2, -0.15) is 0 Å². The highest BCUT2D eigenvalue weighted by atomic mass is 16.6. The minimum Gasteiger partial charge on any atom is -0.480 e. The first-order valence-electron chi connectivity index (χ1n) is 5.56. The zero-order valence-corrected chi connectivity index (χ0v) is 11.0. The van der Waals surface area contributed by atoms with Crippen molar-refractivity contribution < 1.29 is 24.3 Å². The molecule has 1 heterocycles. The van der Waals surface area contributed by atoms with Crippen molar-refractivity contribution in [3.8, 4) is 0 Å². The predicted molar refractivity (Wildman–Crippen MR) is 63.4 cm³/mol. The Hall–Kier alpha value is -1.79. The summed E-state index contributed by atoms with van der Waals surface area (Å²) < 4.78 is 5.16. The fraction of sp³-hybridized carbons (Fsp3) is 0.727. The van der Waals surface area contributed by atoms with Gasteiger partial charge in [-0.1, -0.05) is 5.16 Å². The Bertz CT molecular complexity index is 372. The number of hydrogen-bond donors (Lipinski definition) is 1. The molecule has 0 spiro atoms. The Morgan fingerprint density at radius 1 is 1.44 bits per heavy atom. The van der Waals surface area contributed by atoms with E-state index in [1.54, 1.807) is 20.8 Å². The van der Waals surface area contributed by atoms with Gasteiger partial charge in [0.2, 0.25) is 0 Å². The second-order valence-corrected chi connectivity index (χ2v) is 5.01. The number of rotatable bonds is 2. The number of aliphatic carboxylic acids is 1. The lowest BCUT2D eigenvalue weighted by Crippen LogP contribution is -2.43. The highest BCUT2D eigenvalue weighted by Crippen LogP contribution is 2.20. The van der Waals surface area contributed by atoms with Gasteiger partial charge in [-0.25, -0.2) is 9.59 Å². The molecule has 0 saturated carbocycles. The van der Waals surface area contributed by atoms with Gasteiger partial charge in [0, 0.05) is 6.42 Å². The van der Waals surface area contributed by atoms with E-state index in [1.807, 2.05) is 0 Å². The number of carbonyl (C=O) groups is 2. The van der Waals surface area contributed by atoms with Crippen molar-refractivity contribution in [2.45, 2.75) is 38.8 Å². The number of carboxylic acid groups (broad SMARTS) is 1. The van der Waals surface area contributed by atoms with Crippen LogP contribution in [0.5, 0.6) is 0 Å². The predicted octanol–water partition coefficient (Wildman–Crippen LogP) is 1.08. The second kappa shape index (κ2) is 5.24. The van der Waals surface area contributed by atoms with E-state index >= 15 is 0 Å². The first-order valence-corrected chi connectivity index (χ1v) is 5.56. The molecular weight excluding hydrogens is 240 g/mol. The Kier molecular flexibility index (Phi) is 4.15. The van der Waals surface area contributed by atoms with Gasteiger partial charge in [-0.3, -0.25) is 4.90 Å². The van der Waals surface area contributed by atoms with Crippen molar-refractivity contribution in [1.29, 1.82) is 0 Å². The fourth-order valence-electron chi connectivity index (χ4n) is 1.63. The van der Waals surface area contributed by atoms with E-state index in [9.17, 15) is 9.59 Å². The molecule has 1 unspecified atom stereocenters. The number of hydrogen-bond acceptors (Lipinski definition) is 5. The number of carboxylic acids is 1. The van der Waals surface area contributed by atoms with E-state index in [4.69, 9.17) is 9.84 Å². The van der Waals surface area contributed by atoms with Crippen molar-refractivity contribution in [2.24, 2.45) is 5.16 Å². The first kappa shape index (κ1) is 14.3. The largest absolute Gasteiger partial charge is 0.480 e. The zero-order valence-electron chi connectivity index (χ0n) is 11.0. The Morgan fingerprint density at radius 3 is 2.50 bits per heavy atom. The molecule has 1 fully saturated rings. The Balaban J connectivity index is 2.82. The van der Waals surface area contributed by atoms with E-state index in [1.165, 1.54) is 7.11 Å². The van der Waals surface area contributed by atoms with Crippen molar-refractivity contribution in [1.82, 2.24) is 4.90 Å². The van der Waals surface area contributed by atoms with E-state index in [-0.39, 0.29) is 13.0 Å². The molecule has 1 atom stereocenters. The molecule has 1 aliphatic heterocycles. The number of likely N-dealkylation sites (tertiary alicyclic amines) is 1. The van der Waals surface area contributed by atoms with E-state index in [0.29, 0.717) is 5.71 Å². The summed E-state index contributed by atoms with van der Waals surface area (Å²) in [6.45, 7) is 5.28. The van der Waals surface area contributed by atoms with Crippen LogP contribution in [0.1, 0.15) is 27.2 Å². The normalized spacial score (nSPS) is 22.1. The molecule has 1 aliphatic rings. The van der Waals surface area contributed by atoms with Gasteiger partial charge in [-0.15, -0.1) is 0 Å². The minimum atomic E-state index is -1.08.